The molecule has 2 rings (SSSR count). The summed E-state index contributed by atoms with van der Waals surface area (Å²) in [6.45, 7) is 4.33. The highest BCUT2D eigenvalue weighted by Crippen LogP contribution is 2.32. The van der Waals surface area contributed by atoms with Gasteiger partial charge >= 0.3 is 0 Å². The summed E-state index contributed by atoms with van der Waals surface area (Å²) in [6.07, 6.45) is 1.46. The molecule has 0 amide bonds. The molecule has 0 bridgehead atoms. The van der Waals surface area contributed by atoms with Crippen molar-refractivity contribution in [1.29, 1.82) is 0 Å². The molecule has 1 aliphatic rings. The summed E-state index contributed by atoms with van der Waals surface area (Å²) < 4.78 is 11.0. The molecule has 1 aromatic carbocycles. The maximum atomic E-state index is 10.1. The molecule has 0 radical (unpaired) electrons. The van der Waals surface area contributed by atoms with E-state index in [0.717, 1.165) is 24.3 Å². The average molecular weight is 250 g/mol. The van der Waals surface area contributed by atoms with Gasteiger partial charge < -0.3 is 14.6 Å². The molecule has 0 spiro atoms. The lowest BCUT2D eigenvalue weighted by atomic mass is 9.79. The molecule has 0 heterocycles. The summed E-state index contributed by atoms with van der Waals surface area (Å²) in [5, 5.41) is 10.1. The fourth-order valence-electron chi connectivity index (χ4n) is 2.80. The second-order valence-corrected chi connectivity index (χ2v) is 5.38. The molecule has 1 saturated carbocycles. The predicted molar refractivity (Wildman–Crippen MR) is 71.0 cm³/mol. The monoisotopic (exact) mass is 250 g/mol. The minimum Gasteiger partial charge on any atom is -0.497 e. The fraction of sp³-hybridized carbons (Fsp3) is 0.600. The summed E-state index contributed by atoms with van der Waals surface area (Å²) in [5.41, 5.74) is 0. The van der Waals surface area contributed by atoms with Crippen LogP contribution in [0.1, 0.15) is 26.7 Å². The summed E-state index contributed by atoms with van der Waals surface area (Å²) in [5.74, 6) is 2.56. The first-order chi connectivity index (χ1) is 8.60. The third kappa shape index (κ3) is 2.96. The second-order valence-electron chi connectivity index (χ2n) is 5.38. The van der Waals surface area contributed by atoms with Crippen molar-refractivity contribution < 1.29 is 14.6 Å². The van der Waals surface area contributed by atoms with E-state index < -0.39 is 0 Å². The summed E-state index contributed by atoms with van der Waals surface area (Å²) >= 11 is 0. The van der Waals surface area contributed by atoms with Gasteiger partial charge in [0.05, 0.1) is 13.2 Å². The van der Waals surface area contributed by atoms with E-state index in [1.807, 2.05) is 24.3 Å². The number of rotatable bonds is 3. The van der Waals surface area contributed by atoms with E-state index in [-0.39, 0.29) is 12.2 Å². The number of ether oxygens (including phenoxy) is 2. The van der Waals surface area contributed by atoms with Crippen molar-refractivity contribution >= 4 is 0 Å². The molecule has 0 aliphatic heterocycles. The Hall–Kier alpha value is -1.22. The van der Waals surface area contributed by atoms with Gasteiger partial charge in [-0.2, -0.15) is 0 Å². The van der Waals surface area contributed by atoms with Crippen LogP contribution in [0.5, 0.6) is 11.5 Å². The number of aliphatic hydroxyl groups is 1. The molecule has 18 heavy (non-hydrogen) atoms. The van der Waals surface area contributed by atoms with Gasteiger partial charge in [0.25, 0.3) is 0 Å². The lowest BCUT2D eigenvalue weighted by molar-refractivity contribution is -0.0388. The zero-order valence-electron chi connectivity index (χ0n) is 11.3. The van der Waals surface area contributed by atoms with Crippen molar-refractivity contribution in [3.8, 4) is 11.5 Å². The van der Waals surface area contributed by atoms with Crippen LogP contribution in [-0.4, -0.2) is 24.4 Å². The van der Waals surface area contributed by atoms with Crippen LogP contribution in [-0.2, 0) is 0 Å². The van der Waals surface area contributed by atoms with Crippen LogP contribution in [0.3, 0.4) is 0 Å². The van der Waals surface area contributed by atoms with E-state index in [1.54, 1.807) is 7.11 Å². The molecule has 1 aromatic rings. The van der Waals surface area contributed by atoms with E-state index in [4.69, 9.17) is 9.47 Å². The molecule has 1 N–H and O–H groups in total. The normalized spacial score (nSPS) is 32.0. The molecular weight excluding hydrogens is 228 g/mol. The van der Waals surface area contributed by atoms with Crippen LogP contribution in [0.15, 0.2) is 24.3 Å². The first-order valence-corrected chi connectivity index (χ1v) is 6.59. The van der Waals surface area contributed by atoms with Gasteiger partial charge in [-0.05, 0) is 48.9 Å². The average Bonchev–Trinajstić information content (AvgIpc) is 2.34. The number of hydrogen-bond donors (Lipinski definition) is 1. The molecule has 0 saturated heterocycles. The Labute approximate surface area is 109 Å². The molecule has 3 nitrogen and oxygen atoms in total. The minimum atomic E-state index is -0.370. The quantitative estimate of drug-likeness (QED) is 0.896. The number of aliphatic hydroxyl groups excluding tert-OH is 1. The first kappa shape index (κ1) is 13.2. The standard InChI is InChI=1S/C15H22O3/c1-10-8-11(2)15(14(16)9-10)18-13-6-4-12(17-3)5-7-13/h4-7,10-11,14-16H,8-9H2,1-3H3. The van der Waals surface area contributed by atoms with Gasteiger partial charge in [-0.25, -0.2) is 0 Å². The number of benzene rings is 1. The highest BCUT2D eigenvalue weighted by molar-refractivity contribution is 5.31. The summed E-state index contributed by atoms with van der Waals surface area (Å²) in [6, 6.07) is 7.52. The summed E-state index contributed by atoms with van der Waals surface area (Å²) in [7, 11) is 1.64. The van der Waals surface area contributed by atoms with Gasteiger partial charge in [0.1, 0.15) is 17.6 Å². The van der Waals surface area contributed by atoms with Crippen molar-refractivity contribution in [2.45, 2.75) is 38.9 Å². The lowest BCUT2D eigenvalue weighted by Crippen LogP contribution is -2.43. The molecule has 1 aliphatic carbocycles. The molecular formula is C15H22O3. The number of hydrogen-bond acceptors (Lipinski definition) is 3. The van der Waals surface area contributed by atoms with Gasteiger partial charge in [-0.15, -0.1) is 0 Å². The molecule has 4 unspecified atom stereocenters. The van der Waals surface area contributed by atoms with E-state index in [9.17, 15) is 5.11 Å². The highest BCUT2D eigenvalue weighted by Gasteiger charge is 2.34. The van der Waals surface area contributed by atoms with E-state index in [1.165, 1.54) is 0 Å². The van der Waals surface area contributed by atoms with E-state index >= 15 is 0 Å². The molecule has 3 heteroatoms. The van der Waals surface area contributed by atoms with Crippen molar-refractivity contribution in [3.63, 3.8) is 0 Å². The third-order valence-corrected chi connectivity index (χ3v) is 3.69. The van der Waals surface area contributed by atoms with Crippen LogP contribution in [0, 0.1) is 11.8 Å². The Kier molecular flexibility index (Phi) is 4.12. The minimum absolute atomic E-state index is 0.102. The Morgan fingerprint density at radius 1 is 1.06 bits per heavy atom. The Balaban J connectivity index is 2.03. The predicted octanol–water partition coefficient (Wildman–Crippen LogP) is 2.87. The number of methoxy groups -OCH3 is 1. The zero-order valence-corrected chi connectivity index (χ0v) is 11.3. The Bertz CT molecular complexity index is 362. The van der Waals surface area contributed by atoms with E-state index in [0.29, 0.717) is 11.8 Å². The maximum Gasteiger partial charge on any atom is 0.127 e. The first-order valence-electron chi connectivity index (χ1n) is 6.59. The SMILES string of the molecule is COc1ccc(OC2C(C)CC(C)CC2O)cc1. The van der Waals surface area contributed by atoms with Crippen molar-refractivity contribution in [1.82, 2.24) is 0 Å². The fourth-order valence-corrected chi connectivity index (χ4v) is 2.80. The van der Waals surface area contributed by atoms with Crippen LogP contribution in [0.4, 0.5) is 0 Å². The largest absolute Gasteiger partial charge is 0.497 e. The van der Waals surface area contributed by atoms with E-state index in [2.05, 4.69) is 13.8 Å². The molecule has 4 atom stereocenters. The summed E-state index contributed by atoms with van der Waals surface area (Å²) in [4.78, 5) is 0. The second kappa shape index (κ2) is 5.61. The van der Waals surface area contributed by atoms with Gasteiger partial charge in [0.2, 0.25) is 0 Å². The Morgan fingerprint density at radius 3 is 2.22 bits per heavy atom. The molecule has 100 valence electrons. The van der Waals surface area contributed by atoms with Crippen LogP contribution in [0.2, 0.25) is 0 Å². The van der Waals surface area contributed by atoms with Crippen molar-refractivity contribution in [2.75, 3.05) is 7.11 Å². The zero-order chi connectivity index (χ0) is 13.1. The smallest absolute Gasteiger partial charge is 0.127 e. The topological polar surface area (TPSA) is 38.7 Å². The maximum absolute atomic E-state index is 10.1. The Morgan fingerprint density at radius 2 is 1.67 bits per heavy atom. The van der Waals surface area contributed by atoms with Crippen LogP contribution >= 0.6 is 0 Å². The van der Waals surface area contributed by atoms with Crippen LogP contribution < -0.4 is 9.47 Å². The van der Waals surface area contributed by atoms with Gasteiger partial charge in [-0.1, -0.05) is 13.8 Å². The molecule has 1 fully saturated rings. The lowest BCUT2D eigenvalue weighted by Gasteiger charge is -2.36. The van der Waals surface area contributed by atoms with Gasteiger partial charge in [0, 0.05) is 0 Å². The molecule has 0 aromatic heterocycles. The van der Waals surface area contributed by atoms with Gasteiger partial charge in [0.15, 0.2) is 0 Å². The van der Waals surface area contributed by atoms with Crippen molar-refractivity contribution in [2.24, 2.45) is 11.8 Å². The van der Waals surface area contributed by atoms with Gasteiger partial charge in [-0.3, -0.25) is 0 Å². The van der Waals surface area contributed by atoms with Crippen molar-refractivity contribution in [3.05, 3.63) is 24.3 Å². The third-order valence-electron chi connectivity index (χ3n) is 3.69. The van der Waals surface area contributed by atoms with Crippen LogP contribution in [0.25, 0.3) is 0 Å². The highest BCUT2D eigenvalue weighted by atomic mass is 16.5.